The molecule has 33 heavy (non-hydrogen) atoms. The second kappa shape index (κ2) is 8.78. The van der Waals surface area contributed by atoms with Crippen molar-refractivity contribution in [1.29, 1.82) is 0 Å². The van der Waals surface area contributed by atoms with E-state index in [0.717, 1.165) is 11.1 Å². The number of hydrogen-bond acceptors (Lipinski definition) is 6. The molecule has 1 saturated heterocycles. The molecule has 0 aliphatic carbocycles. The van der Waals surface area contributed by atoms with Crippen LogP contribution in [0.15, 0.2) is 48.5 Å². The van der Waals surface area contributed by atoms with Gasteiger partial charge in [-0.05, 0) is 45.6 Å². The Kier molecular flexibility index (Phi) is 6.33. The predicted octanol–water partition coefficient (Wildman–Crippen LogP) is 5.36. The summed E-state index contributed by atoms with van der Waals surface area (Å²) in [4.78, 5) is 12.6. The fraction of sp³-hybridized carbons (Fsp3) is 0.500. The van der Waals surface area contributed by atoms with Gasteiger partial charge in [0, 0.05) is 25.3 Å². The maximum Gasteiger partial charge on any atom is 0.458 e. The minimum atomic E-state index is -1.04. The molecular formula is C26H33BO6. The summed E-state index contributed by atoms with van der Waals surface area (Å²) >= 11 is 0. The Morgan fingerprint density at radius 3 is 2.21 bits per heavy atom. The second-order valence-corrected chi connectivity index (χ2v) is 10.2. The zero-order valence-electron chi connectivity index (χ0n) is 20.3. The molecule has 2 aliphatic rings. The SMILES string of the molecule is CC1(C)OC(=O)c2cccc(C(COCc3ccccc3)CB3OC(C)(C)C(C)(C)O3)c2O1. The van der Waals surface area contributed by atoms with Crippen molar-refractivity contribution in [2.75, 3.05) is 6.61 Å². The smallest absolute Gasteiger partial charge is 0.452 e. The molecule has 0 amide bonds. The first-order chi connectivity index (χ1) is 15.5. The number of hydrogen-bond donors (Lipinski definition) is 0. The first-order valence-corrected chi connectivity index (χ1v) is 11.5. The van der Waals surface area contributed by atoms with Crippen LogP contribution in [-0.4, -0.2) is 36.7 Å². The van der Waals surface area contributed by atoms with E-state index in [2.05, 4.69) is 0 Å². The van der Waals surface area contributed by atoms with Gasteiger partial charge >= 0.3 is 13.1 Å². The van der Waals surface area contributed by atoms with Gasteiger partial charge in [0.15, 0.2) is 0 Å². The Bertz CT molecular complexity index is 985. The Morgan fingerprint density at radius 1 is 0.879 bits per heavy atom. The molecule has 0 aromatic heterocycles. The second-order valence-electron chi connectivity index (χ2n) is 10.2. The van der Waals surface area contributed by atoms with Gasteiger partial charge in [-0.1, -0.05) is 42.5 Å². The number of esters is 1. The summed E-state index contributed by atoms with van der Waals surface area (Å²) in [6.07, 6.45) is 0.566. The number of benzene rings is 2. The summed E-state index contributed by atoms with van der Waals surface area (Å²) in [5.41, 5.74) is 1.56. The Labute approximate surface area is 196 Å². The van der Waals surface area contributed by atoms with E-state index in [-0.39, 0.29) is 11.9 Å². The number of carbonyl (C=O) groups is 1. The molecule has 0 N–H and O–H groups in total. The van der Waals surface area contributed by atoms with E-state index in [1.165, 1.54) is 0 Å². The van der Waals surface area contributed by atoms with Gasteiger partial charge in [-0.25, -0.2) is 4.79 Å². The standard InChI is InChI=1S/C26H33BO6/c1-24(2)25(3,4)33-27(32-24)15-19(17-29-16-18-11-8-7-9-12-18)20-13-10-14-21-22(20)30-26(5,6)31-23(21)28/h7-14,19H,15-17H2,1-6H3. The average molecular weight is 452 g/mol. The molecule has 1 atom stereocenters. The molecule has 0 radical (unpaired) electrons. The van der Waals surface area contributed by atoms with Crippen LogP contribution in [0.2, 0.25) is 6.32 Å². The molecule has 176 valence electrons. The van der Waals surface area contributed by atoms with E-state index in [1.807, 2.05) is 70.2 Å². The summed E-state index contributed by atoms with van der Waals surface area (Å²) in [5.74, 6) is -0.994. The number of para-hydroxylation sites is 1. The number of fused-ring (bicyclic) bond motifs is 1. The third-order valence-corrected chi connectivity index (χ3v) is 6.60. The van der Waals surface area contributed by atoms with Crippen LogP contribution >= 0.6 is 0 Å². The molecule has 6 nitrogen and oxygen atoms in total. The van der Waals surface area contributed by atoms with Crippen molar-refractivity contribution in [3.8, 4) is 5.75 Å². The highest BCUT2D eigenvalue weighted by atomic mass is 16.7. The van der Waals surface area contributed by atoms with Crippen molar-refractivity contribution in [1.82, 2.24) is 0 Å². The summed E-state index contributed by atoms with van der Waals surface area (Å²) < 4.78 is 30.2. The van der Waals surface area contributed by atoms with Crippen LogP contribution in [0.1, 0.15) is 68.9 Å². The summed E-state index contributed by atoms with van der Waals surface area (Å²) in [7, 11) is -0.403. The normalized spacial score (nSPS) is 21.2. The molecule has 1 fully saturated rings. The van der Waals surface area contributed by atoms with Gasteiger partial charge in [0.2, 0.25) is 5.79 Å². The molecule has 2 aliphatic heterocycles. The zero-order valence-corrected chi connectivity index (χ0v) is 20.3. The lowest BCUT2D eigenvalue weighted by Gasteiger charge is -2.34. The first kappa shape index (κ1) is 23.8. The highest BCUT2D eigenvalue weighted by Crippen LogP contribution is 2.43. The highest BCUT2D eigenvalue weighted by molar-refractivity contribution is 6.45. The van der Waals surface area contributed by atoms with Crippen molar-refractivity contribution >= 4 is 13.1 Å². The van der Waals surface area contributed by atoms with Crippen molar-refractivity contribution in [2.24, 2.45) is 0 Å². The Balaban J connectivity index is 1.61. The van der Waals surface area contributed by atoms with Crippen LogP contribution in [0.5, 0.6) is 5.75 Å². The van der Waals surface area contributed by atoms with Gasteiger partial charge in [0.05, 0.1) is 24.4 Å². The van der Waals surface area contributed by atoms with Crippen molar-refractivity contribution < 1.29 is 28.3 Å². The van der Waals surface area contributed by atoms with E-state index in [4.69, 9.17) is 23.5 Å². The van der Waals surface area contributed by atoms with Crippen molar-refractivity contribution in [3.63, 3.8) is 0 Å². The molecule has 7 heteroatoms. The minimum Gasteiger partial charge on any atom is -0.452 e. The number of rotatable bonds is 7. The van der Waals surface area contributed by atoms with E-state index in [0.29, 0.717) is 30.8 Å². The predicted molar refractivity (Wildman–Crippen MR) is 126 cm³/mol. The third kappa shape index (κ3) is 5.10. The lowest BCUT2D eigenvalue weighted by Crippen LogP contribution is -2.41. The van der Waals surface area contributed by atoms with Crippen molar-refractivity contribution in [2.45, 2.75) is 77.4 Å². The van der Waals surface area contributed by atoms with Crippen LogP contribution < -0.4 is 4.74 Å². The van der Waals surface area contributed by atoms with E-state index < -0.39 is 24.1 Å². The number of cyclic esters (lactones) is 1. The summed E-state index contributed by atoms with van der Waals surface area (Å²) in [5, 5.41) is 0. The molecule has 0 bridgehead atoms. The van der Waals surface area contributed by atoms with Gasteiger partial charge < -0.3 is 23.5 Å². The third-order valence-electron chi connectivity index (χ3n) is 6.60. The Hall–Kier alpha value is -2.35. The van der Waals surface area contributed by atoms with Gasteiger partial charge in [0.25, 0.3) is 0 Å². The van der Waals surface area contributed by atoms with E-state index >= 15 is 0 Å². The molecule has 1 unspecified atom stereocenters. The van der Waals surface area contributed by atoms with Gasteiger partial charge in [-0.2, -0.15) is 0 Å². The zero-order chi connectivity index (χ0) is 23.9. The highest BCUT2D eigenvalue weighted by Gasteiger charge is 2.51. The number of carbonyl (C=O) groups excluding carboxylic acids is 1. The minimum absolute atomic E-state index is 0.111. The largest absolute Gasteiger partial charge is 0.458 e. The average Bonchev–Trinajstić information content (AvgIpc) is 2.93. The van der Waals surface area contributed by atoms with E-state index in [1.54, 1.807) is 19.9 Å². The van der Waals surface area contributed by atoms with Crippen LogP contribution in [0.4, 0.5) is 0 Å². The van der Waals surface area contributed by atoms with Gasteiger partial charge in [-0.3, -0.25) is 0 Å². The lowest BCUT2D eigenvalue weighted by atomic mass is 9.74. The number of ether oxygens (including phenoxy) is 3. The molecule has 0 spiro atoms. The molecule has 4 rings (SSSR count). The Morgan fingerprint density at radius 2 is 1.55 bits per heavy atom. The topological polar surface area (TPSA) is 63.2 Å². The summed E-state index contributed by atoms with van der Waals surface area (Å²) in [6, 6.07) is 15.6. The molecule has 0 saturated carbocycles. The molecule has 2 heterocycles. The molecular weight excluding hydrogens is 419 g/mol. The van der Waals surface area contributed by atoms with Crippen LogP contribution in [-0.2, 0) is 25.4 Å². The quantitative estimate of drug-likeness (QED) is 0.416. The first-order valence-electron chi connectivity index (χ1n) is 11.5. The van der Waals surface area contributed by atoms with Gasteiger partial charge in [-0.15, -0.1) is 0 Å². The summed E-state index contributed by atoms with van der Waals surface area (Å²) in [6.45, 7) is 12.6. The maximum atomic E-state index is 12.6. The monoisotopic (exact) mass is 452 g/mol. The van der Waals surface area contributed by atoms with Crippen molar-refractivity contribution in [3.05, 3.63) is 65.2 Å². The molecule has 2 aromatic rings. The lowest BCUT2D eigenvalue weighted by molar-refractivity contribution is -0.128. The maximum absolute atomic E-state index is 12.6. The van der Waals surface area contributed by atoms with Gasteiger partial charge in [0.1, 0.15) is 11.3 Å². The fourth-order valence-corrected chi connectivity index (χ4v) is 4.17. The molecule has 2 aromatic carbocycles. The van der Waals surface area contributed by atoms with Crippen LogP contribution in [0.25, 0.3) is 0 Å². The van der Waals surface area contributed by atoms with Crippen LogP contribution in [0, 0.1) is 0 Å². The van der Waals surface area contributed by atoms with E-state index in [9.17, 15) is 4.79 Å². The van der Waals surface area contributed by atoms with Crippen LogP contribution in [0.3, 0.4) is 0 Å². The fourth-order valence-electron chi connectivity index (χ4n) is 4.17.